The molecule has 0 aromatic heterocycles. The Balaban J connectivity index is 1.85. The fourth-order valence-corrected chi connectivity index (χ4v) is 5.96. The lowest BCUT2D eigenvalue weighted by atomic mass is 9.51. The number of hydrogen-bond acceptors (Lipinski definition) is 3. The smallest absolute Gasteiger partial charge is 0.168 e. The summed E-state index contributed by atoms with van der Waals surface area (Å²) in [6, 6.07) is 0. The molecule has 0 amide bonds. The zero-order valence-corrected chi connectivity index (χ0v) is 14.1. The molecule has 4 aliphatic rings. The average Bonchev–Trinajstić information content (AvgIpc) is 2.72. The molecule has 0 heterocycles. The number of halogens is 1. The molecule has 0 aliphatic heterocycles. The molecule has 3 unspecified atom stereocenters. The van der Waals surface area contributed by atoms with Gasteiger partial charge < -0.3 is 10.2 Å². The summed E-state index contributed by atoms with van der Waals surface area (Å²) in [4.78, 5) is 0. The van der Waals surface area contributed by atoms with E-state index in [1.54, 1.807) is 0 Å². The van der Waals surface area contributed by atoms with Crippen LogP contribution < -0.4 is 5.73 Å². The van der Waals surface area contributed by atoms with E-state index in [2.05, 4.69) is 6.92 Å². The molecule has 0 aromatic rings. The van der Waals surface area contributed by atoms with Gasteiger partial charge in [-0.25, -0.2) is 4.39 Å². The second-order valence-corrected chi connectivity index (χ2v) is 8.66. The van der Waals surface area contributed by atoms with Crippen LogP contribution in [0.1, 0.15) is 58.8 Å². The fraction of sp³-hybridized carbons (Fsp3) is 0.789. The van der Waals surface area contributed by atoms with Gasteiger partial charge in [0.15, 0.2) is 5.79 Å². The van der Waals surface area contributed by atoms with E-state index in [0.29, 0.717) is 19.3 Å². The first-order valence-electron chi connectivity index (χ1n) is 8.97. The Morgan fingerprint density at radius 3 is 2.65 bits per heavy atom. The molecular weight excluding hydrogens is 293 g/mol. The number of alkyl halides is 1. The molecule has 0 radical (unpaired) electrons. The Labute approximate surface area is 137 Å². The molecule has 4 heteroatoms. The molecule has 23 heavy (non-hydrogen) atoms. The van der Waals surface area contributed by atoms with E-state index in [9.17, 15) is 14.6 Å². The summed E-state index contributed by atoms with van der Waals surface area (Å²) < 4.78 is 14.9. The van der Waals surface area contributed by atoms with Crippen molar-refractivity contribution < 1.29 is 14.6 Å². The summed E-state index contributed by atoms with van der Waals surface area (Å²) in [7, 11) is 0. The second kappa shape index (κ2) is 4.68. The van der Waals surface area contributed by atoms with Crippen LogP contribution >= 0.6 is 0 Å². The van der Waals surface area contributed by atoms with Gasteiger partial charge in [0, 0.05) is 5.41 Å². The lowest BCUT2D eigenvalue weighted by molar-refractivity contribution is 0.0171. The molecule has 2 saturated carbocycles. The lowest BCUT2D eigenvalue weighted by Gasteiger charge is -2.54. The van der Waals surface area contributed by atoms with Crippen LogP contribution in [-0.2, 0) is 0 Å². The van der Waals surface area contributed by atoms with Crippen molar-refractivity contribution in [3.8, 4) is 0 Å². The molecule has 0 spiro atoms. The fourth-order valence-electron chi connectivity index (χ4n) is 5.96. The van der Waals surface area contributed by atoms with Crippen molar-refractivity contribution in [1.29, 1.82) is 0 Å². The molecular formula is C19H28FNO2. The van der Waals surface area contributed by atoms with Crippen molar-refractivity contribution in [3.05, 3.63) is 22.8 Å². The minimum Gasteiger partial charge on any atom is -0.389 e. The Morgan fingerprint density at radius 1 is 1.17 bits per heavy atom. The number of aliphatic hydroxyl groups excluding tert-OH is 2. The highest BCUT2D eigenvalue weighted by molar-refractivity contribution is 5.43. The van der Waals surface area contributed by atoms with E-state index in [4.69, 9.17) is 5.73 Å². The van der Waals surface area contributed by atoms with E-state index in [1.807, 2.05) is 13.0 Å². The SMILES string of the molecule is C[C@]12CCC(O)C=C1CC(O)C1=C3CCC(N)(F)[C@@]3(C)CC[C@H]12. The monoisotopic (exact) mass is 321 g/mol. The van der Waals surface area contributed by atoms with E-state index >= 15 is 0 Å². The van der Waals surface area contributed by atoms with E-state index in [-0.39, 0.29) is 17.4 Å². The normalized spacial score (nSPS) is 52.6. The Bertz CT molecular complexity index is 610. The number of nitrogens with two attached hydrogens (primary N) is 1. The lowest BCUT2D eigenvalue weighted by Crippen LogP contribution is -2.52. The van der Waals surface area contributed by atoms with Crippen LogP contribution in [0.5, 0.6) is 0 Å². The van der Waals surface area contributed by atoms with Crippen LogP contribution in [0.25, 0.3) is 0 Å². The number of hydrogen-bond donors (Lipinski definition) is 3. The van der Waals surface area contributed by atoms with Crippen molar-refractivity contribution in [2.24, 2.45) is 22.5 Å². The number of fused-ring (bicyclic) bond motifs is 4. The van der Waals surface area contributed by atoms with Gasteiger partial charge in [-0.15, -0.1) is 0 Å². The van der Waals surface area contributed by atoms with Gasteiger partial charge in [-0.3, -0.25) is 5.73 Å². The van der Waals surface area contributed by atoms with Crippen LogP contribution in [0, 0.1) is 16.7 Å². The standard InChI is InChI=1S/C19H28FNO2/c1-17-6-3-12(22)9-11(17)10-15(23)16-13(17)4-7-18(2)14(16)5-8-19(18,20)21/h9,12-13,15,22-23H,3-8,10,21H2,1-2H3/t12?,13-,15?,17+,18+,19?/m1/s1. The van der Waals surface area contributed by atoms with Crippen LogP contribution in [0.4, 0.5) is 4.39 Å². The third-order valence-electron chi connectivity index (χ3n) is 7.61. The highest BCUT2D eigenvalue weighted by Crippen LogP contribution is 2.64. The summed E-state index contributed by atoms with van der Waals surface area (Å²) in [5.41, 5.74) is 8.74. The predicted molar refractivity (Wildman–Crippen MR) is 87.2 cm³/mol. The molecule has 0 aromatic carbocycles. The first kappa shape index (κ1) is 15.8. The molecule has 3 nitrogen and oxygen atoms in total. The van der Waals surface area contributed by atoms with Gasteiger partial charge in [-0.2, -0.15) is 0 Å². The van der Waals surface area contributed by atoms with Gasteiger partial charge in [0.25, 0.3) is 0 Å². The zero-order chi connectivity index (χ0) is 16.6. The Hall–Kier alpha value is -0.710. The molecule has 0 saturated heterocycles. The summed E-state index contributed by atoms with van der Waals surface area (Å²) in [6.07, 6.45) is 5.97. The van der Waals surface area contributed by atoms with Gasteiger partial charge in [0.1, 0.15) is 0 Å². The maximum Gasteiger partial charge on any atom is 0.168 e. The highest BCUT2D eigenvalue weighted by atomic mass is 19.1. The van der Waals surface area contributed by atoms with Gasteiger partial charge in [-0.1, -0.05) is 31.1 Å². The van der Waals surface area contributed by atoms with Crippen LogP contribution in [0.15, 0.2) is 22.8 Å². The minimum atomic E-state index is -1.65. The first-order valence-corrected chi connectivity index (χ1v) is 8.97. The zero-order valence-electron chi connectivity index (χ0n) is 14.1. The topological polar surface area (TPSA) is 66.5 Å². The van der Waals surface area contributed by atoms with E-state index in [0.717, 1.165) is 36.8 Å². The molecule has 4 aliphatic carbocycles. The quantitative estimate of drug-likeness (QED) is 0.475. The largest absolute Gasteiger partial charge is 0.389 e. The highest BCUT2D eigenvalue weighted by Gasteiger charge is 2.60. The van der Waals surface area contributed by atoms with Crippen molar-refractivity contribution in [2.45, 2.75) is 76.8 Å². The summed E-state index contributed by atoms with van der Waals surface area (Å²) in [6.45, 7) is 4.22. The number of rotatable bonds is 0. The molecule has 2 fully saturated rings. The van der Waals surface area contributed by atoms with Crippen molar-refractivity contribution >= 4 is 0 Å². The van der Waals surface area contributed by atoms with Crippen LogP contribution in [0.2, 0.25) is 0 Å². The first-order chi connectivity index (χ1) is 10.7. The third-order valence-corrected chi connectivity index (χ3v) is 7.61. The van der Waals surface area contributed by atoms with Gasteiger partial charge in [0.2, 0.25) is 0 Å². The van der Waals surface area contributed by atoms with Crippen molar-refractivity contribution in [3.63, 3.8) is 0 Å². The summed E-state index contributed by atoms with van der Waals surface area (Å²) in [5.74, 6) is -1.39. The van der Waals surface area contributed by atoms with Crippen molar-refractivity contribution in [2.75, 3.05) is 0 Å². The maximum absolute atomic E-state index is 14.9. The van der Waals surface area contributed by atoms with Gasteiger partial charge in [-0.05, 0) is 61.9 Å². The molecule has 128 valence electrons. The maximum atomic E-state index is 14.9. The Morgan fingerprint density at radius 2 is 1.91 bits per heavy atom. The third kappa shape index (κ3) is 1.92. The second-order valence-electron chi connectivity index (χ2n) is 8.66. The molecule has 6 atom stereocenters. The molecule has 0 bridgehead atoms. The Kier molecular flexibility index (Phi) is 3.21. The predicted octanol–water partition coefficient (Wildman–Crippen LogP) is 2.97. The molecule has 4 rings (SSSR count). The summed E-state index contributed by atoms with van der Waals surface area (Å²) in [5, 5.41) is 20.8. The number of aliphatic hydroxyl groups is 2. The van der Waals surface area contributed by atoms with E-state index in [1.165, 1.54) is 5.57 Å². The van der Waals surface area contributed by atoms with Crippen molar-refractivity contribution in [1.82, 2.24) is 0 Å². The van der Waals surface area contributed by atoms with E-state index < -0.39 is 17.3 Å². The van der Waals surface area contributed by atoms with Crippen LogP contribution in [-0.4, -0.2) is 28.2 Å². The average molecular weight is 321 g/mol. The van der Waals surface area contributed by atoms with Gasteiger partial charge in [0.05, 0.1) is 12.2 Å². The summed E-state index contributed by atoms with van der Waals surface area (Å²) >= 11 is 0. The van der Waals surface area contributed by atoms with Gasteiger partial charge >= 0.3 is 0 Å². The molecule has 4 N–H and O–H groups in total. The minimum absolute atomic E-state index is 0.00170. The van der Waals surface area contributed by atoms with Crippen LogP contribution in [0.3, 0.4) is 0 Å².